The molecule has 0 fully saturated rings. The molecule has 0 saturated carbocycles. The quantitative estimate of drug-likeness (QED) is 0.251. The fourth-order valence-electron chi connectivity index (χ4n) is 3.25. The van der Waals surface area contributed by atoms with Gasteiger partial charge in [-0.15, -0.1) is 0 Å². The zero-order valence-corrected chi connectivity index (χ0v) is 18.0. The molecule has 0 saturated heterocycles. The van der Waals surface area contributed by atoms with E-state index >= 15 is 0 Å². The first-order chi connectivity index (χ1) is 16.6. The maximum Gasteiger partial charge on any atom is 0.430 e. The van der Waals surface area contributed by atoms with Gasteiger partial charge in [0.2, 0.25) is 0 Å². The number of hydrogen-bond acceptors (Lipinski definition) is 5. The third kappa shape index (κ3) is 5.20. The minimum atomic E-state index is -6.25. The van der Waals surface area contributed by atoms with Crippen molar-refractivity contribution in [2.24, 2.45) is 0 Å². The second-order valence-electron chi connectivity index (χ2n) is 7.63. The summed E-state index contributed by atoms with van der Waals surface area (Å²) in [5.74, 6) is -1.99. The topological polar surface area (TPSA) is 130 Å². The number of benzene rings is 3. The summed E-state index contributed by atoms with van der Waals surface area (Å²) in [4.78, 5) is 25.0. The molecule has 3 rings (SSSR count). The monoisotopic (exact) mass is 512 g/mol. The maximum atomic E-state index is 13.7. The number of alkyl halides is 6. The largest absolute Gasteiger partial charge is 0.430 e. The predicted octanol–water partition coefficient (Wildman–Crippen LogP) is 4.67. The molecule has 36 heavy (non-hydrogen) atoms. The van der Waals surface area contributed by atoms with Crippen LogP contribution < -0.4 is 22.1 Å². The lowest BCUT2D eigenvalue weighted by molar-refractivity contribution is -0.376. The van der Waals surface area contributed by atoms with Crippen molar-refractivity contribution in [1.82, 2.24) is 0 Å². The molecule has 0 aliphatic heterocycles. The molecule has 0 atom stereocenters. The Hall–Kier alpha value is -4.26. The Kier molecular flexibility index (Phi) is 6.89. The average Bonchev–Trinajstić information content (AvgIpc) is 2.78. The Bertz CT molecular complexity index is 1290. The van der Waals surface area contributed by atoms with Gasteiger partial charge < -0.3 is 27.2 Å². The molecule has 3 aromatic rings. The summed E-state index contributed by atoms with van der Waals surface area (Å²) in [5.41, 5.74) is 2.58. The Morgan fingerprint density at radius 1 is 0.694 bits per heavy atom. The molecule has 0 aliphatic rings. The van der Waals surface area contributed by atoms with Gasteiger partial charge >= 0.3 is 12.4 Å². The van der Waals surface area contributed by atoms with Gasteiger partial charge in [0, 0.05) is 39.4 Å². The van der Waals surface area contributed by atoms with Crippen molar-refractivity contribution in [1.29, 1.82) is 0 Å². The van der Waals surface area contributed by atoms with Crippen LogP contribution in [0.5, 0.6) is 0 Å². The summed E-state index contributed by atoms with van der Waals surface area (Å²) in [6, 6.07) is 12.5. The maximum absolute atomic E-state index is 13.7. The lowest BCUT2D eigenvalue weighted by Gasteiger charge is -2.34. The average molecular weight is 512 g/mol. The molecule has 0 radical (unpaired) electrons. The van der Waals surface area contributed by atoms with Crippen molar-refractivity contribution in [3.63, 3.8) is 0 Å². The zero-order chi connectivity index (χ0) is 26.9. The SMILES string of the molecule is Nc1cccc(C(=O)Nc2ccc(NC(=O)c3cccc(N)c3)c(C(O)(C(F)(F)F)C(F)(F)F)c2)c1. The van der Waals surface area contributed by atoms with Gasteiger partial charge in [0.1, 0.15) is 0 Å². The third-order valence-electron chi connectivity index (χ3n) is 5.03. The first-order valence-electron chi connectivity index (χ1n) is 9.97. The second kappa shape index (κ2) is 9.41. The van der Waals surface area contributed by atoms with Crippen LogP contribution in [0.3, 0.4) is 0 Å². The molecule has 0 spiro atoms. The van der Waals surface area contributed by atoms with Crippen LogP contribution in [0.15, 0.2) is 66.7 Å². The van der Waals surface area contributed by atoms with Crippen LogP contribution in [0.2, 0.25) is 0 Å². The molecule has 0 aromatic heterocycles. The van der Waals surface area contributed by atoms with Crippen LogP contribution in [-0.2, 0) is 5.60 Å². The normalized spacial score (nSPS) is 12.2. The van der Waals surface area contributed by atoms with Crippen molar-refractivity contribution in [3.05, 3.63) is 83.4 Å². The molecule has 3 aromatic carbocycles. The molecular formula is C23H18F6N4O3. The number of carbonyl (C=O) groups is 2. The van der Waals surface area contributed by atoms with E-state index in [1.54, 1.807) is 0 Å². The number of nitrogens with two attached hydrogens (primary N) is 2. The Labute approximate surface area is 199 Å². The Morgan fingerprint density at radius 3 is 1.61 bits per heavy atom. The van der Waals surface area contributed by atoms with Crippen LogP contribution in [0.4, 0.5) is 49.1 Å². The molecule has 0 heterocycles. The molecule has 0 bridgehead atoms. The minimum absolute atomic E-state index is 0.0301. The predicted molar refractivity (Wildman–Crippen MR) is 120 cm³/mol. The molecule has 2 amide bonds. The van der Waals surface area contributed by atoms with Crippen molar-refractivity contribution < 1.29 is 41.0 Å². The van der Waals surface area contributed by atoms with E-state index in [4.69, 9.17) is 11.5 Å². The van der Waals surface area contributed by atoms with Crippen molar-refractivity contribution in [3.8, 4) is 0 Å². The number of carbonyl (C=O) groups excluding carboxylic acids is 2. The van der Waals surface area contributed by atoms with E-state index in [0.717, 1.165) is 12.1 Å². The smallest absolute Gasteiger partial charge is 0.399 e. The fourth-order valence-corrected chi connectivity index (χ4v) is 3.25. The highest BCUT2D eigenvalue weighted by molar-refractivity contribution is 6.06. The summed E-state index contributed by atoms with van der Waals surface area (Å²) in [7, 11) is 0. The number of nitrogens with one attached hydrogen (secondary N) is 2. The van der Waals surface area contributed by atoms with Gasteiger partial charge in [-0.2, -0.15) is 26.3 Å². The standard InChI is InChI=1S/C23H18F6N4O3/c24-22(25,26)21(36,23(27,28)29)17-11-16(32-19(34)12-3-1-5-14(30)9-12)7-8-18(17)33-20(35)13-4-2-6-15(31)10-13/h1-11,36H,30-31H2,(H,32,34)(H,33,35). The van der Waals surface area contributed by atoms with Gasteiger partial charge in [-0.25, -0.2) is 0 Å². The van der Waals surface area contributed by atoms with Crippen LogP contribution in [0.25, 0.3) is 0 Å². The van der Waals surface area contributed by atoms with Crippen LogP contribution in [-0.4, -0.2) is 29.3 Å². The number of halogens is 6. The number of amides is 2. The first kappa shape index (κ1) is 26.3. The zero-order valence-electron chi connectivity index (χ0n) is 18.0. The van der Waals surface area contributed by atoms with E-state index < -0.39 is 46.7 Å². The summed E-state index contributed by atoms with van der Waals surface area (Å²) >= 11 is 0. The number of aliphatic hydroxyl groups is 1. The van der Waals surface area contributed by atoms with E-state index in [1.165, 1.54) is 42.5 Å². The van der Waals surface area contributed by atoms with Crippen LogP contribution >= 0.6 is 0 Å². The van der Waals surface area contributed by atoms with Gasteiger partial charge in [-0.3, -0.25) is 9.59 Å². The van der Waals surface area contributed by atoms with E-state index in [-0.39, 0.29) is 28.6 Å². The molecule has 7 N–H and O–H groups in total. The molecule has 0 aliphatic carbocycles. The van der Waals surface area contributed by atoms with Crippen LogP contribution in [0, 0.1) is 0 Å². The van der Waals surface area contributed by atoms with Crippen molar-refractivity contribution in [2.75, 3.05) is 22.1 Å². The van der Waals surface area contributed by atoms with Crippen LogP contribution in [0.1, 0.15) is 26.3 Å². The highest BCUT2D eigenvalue weighted by Gasteiger charge is 2.72. The lowest BCUT2D eigenvalue weighted by atomic mass is 9.90. The number of nitrogen functional groups attached to an aromatic ring is 2. The Balaban J connectivity index is 2.10. The molecule has 7 nitrogen and oxygen atoms in total. The van der Waals surface area contributed by atoms with Gasteiger partial charge in [-0.1, -0.05) is 12.1 Å². The van der Waals surface area contributed by atoms with Gasteiger partial charge in [0.25, 0.3) is 17.4 Å². The van der Waals surface area contributed by atoms with Crippen molar-refractivity contribution in [2.45, 2.75) is 18.0 Å². The van der Waals surface area contributed by atoms with Gasteiger partial charge in [-0.05, 0) is 54.6 Å². The Morgan fingerprint density at radius 2 is 1.17 bits per heavy atom. The highest BCUT2D eigenvalue weighted by atomic mass is 19.4. The highest BCUT2D eigenvalue weighted by Crippen LogP contribution is 2.52. The molecule has 0 unspecified atom stereocenters. The van der Waals surface area contributed by atoms with E-state index in [0.29, 0.717) is 6.07 Å². The van der Waals surface area contributed by atoms with E-state index in [9.17, 15) is 41.0 Å². The number of hydrogen-bond donors (Lipinski definition) is 5. The molecular weight excluding hydrogens is 494 g/mol. The number of rotatable bonds is 5. The van der Waals surface area contributed by atoms with E-state index in [1.807, 2.05) is 5.32 Å². The van der Waals surface area contributed by atoms with Gasteiger partial charge in [0.15, 0.2) is 0 Å². The number of anilines is 4. The summed E-state index contributed by atoms with van der Waals surface area (Å²) < 4.78 is 82.1. The first-order valence-corrected chi connectivity index (χ1v) is 9.97. The lowest BCUT2D eigenvalue weighted by Crippen LogP contribution is -2.54. The second-order valence-corrected chi connectivity index (χ2v) is 7.63. The van der Waals surface area contributed by atoms with Gasteiger partial charge in [0.05, 0.1) is 0 Å². The van der Waals surface area contributed by atoms with Crippen molar-refractivity contribution >= 4 is 34.6 Å². The summed E-state index contributed by atoms with van der Waals surface area (Å²) in [6.07, 6.45) is -12.5. The molecule has 190 valence electrons. The summed E-state index contributed by atoms with van der Waals surface area (Å²) in [5, 5.41) is 14.1. The van der Waals surface area contributed by atoms with E-state index in [2.05, 4.69) is 5.32 Å². The fraction of sp³-hybridized carbons (Fsp3) is 0.130. The minimum Gasteiger partial charge on any atom is -0.399 e. The molecule has 13 heteroatoms. The third-order valence-corrected chi connectivity index (χ3v) is 5.03. The summed E-state index contributed by atoms with van der Waals surface area (Å²) in [6.45, 7) is 0.